The smallest absolute Gasteiger partial charge is 0.0302 e. The highest BCUT2D eigenvalue weighted by Gasteiger charge is 2.19. The predicted molar refractivity (Wildman–Crippen MR) is 93.9 cm³/mol. The van der Waals surface area contributed by atoms with Crippen LogP contribution in [0.2, 0.25) is 0 Å². The number of hydrogen-bond acceptors (Lipinski definition) is 3. The summed E-state index contributed by atoms with van der Waals surface area (Å²) in [5.41, 5.74) is 1.55. The monoisotopic (exact) mass is 308 g/mol. The Morgan fingerprint density at radius 3 is 2.67 bits per heavy atom. The van der Waals surface area contributed by atoms with Crippen molar-refractivity contribution in [2.45, 2.75) is 72.5 Å². The fraction of sp³-hybridized carbons (Fsp3) is 0.778. The fourth-order valence-electron chi connectivity index (χ4n) is 3.22. The molecule has 0 bridgehead atoms. The second-order valence-corrected chi connectivity index (χ2v) is 8.18. The normalized spacial score (nSPS) is 17.8. The minimum absolute atomic E-state index is 0.563. The largest absolute Gasteiger partial charge is 0.310 e. The van der Waals surface area contributed by atoms with Gasteiger partial charge in [-0.3, -0.25) is 4.90 Å². The summed E-state index contributed by atoms with van der Waals surface area (Å²) in [5.74, 6) is 0.987. The summed E-state index contributed by atoms with van der Waals surface area (Å²) in [4.78, 5) is 5.64. The van der Waals surface area contributed by atoms with Crippen LogP contribution in [-0.2, 0) is 13.1 Å². The Bertz CT molecular complexity index is 417. The second kappa shape index (κ2) is 8.30. The fourth-order valence-corrected chi connectivity index (χ4v) is 4.22. The van der Waals surface area contributed by atoms with Gasteiger partial charge in [-0.25, -0.2) is 0 Å². The van der Waals surface area contributed by atoms with Crippen molar-refractivity contribution >= 4 is 11.3 Å². The third-order valence-electron chi connectivity index (χ3n) is 4.55. The van der Waals surface area contributed by atoms with Gasteiger partial charge in [-0.05, 0) is 50.4 Å². The molecular weight excluding hydrogens is 276 g/mol. The molecule has 0 atom stereocenters. The van der Waals surface area contributed by atoms with Crippen LogP contribution in [-0.4, -0.2) is 24.0 Å². The van der Waals surface area contributed by atoms with Crippen molar-refractivity contribution in [2.75, 3.05) is 13.1 Å². The molecule has 120 valence electrons. The van der Waals surface area contributed by atoms with Crippen molar-refractivity contribution < 1.29 is 0 Å². The molecule has 0 radical (unpaired) electrons. The summed E-state index contributed by atoms with van der Waals surface area (Å²) in [6.07, 6.45) is 5.58. The molecule has 3 heteroatoms. The van der Waals surface area contributed by atoms with Gasteiger partial charge in [0.25, 0.3) is 0 Å². The van der Waals surface area contributed by atoms with E-state index in [9.17, 15) is 0 Å². The Labute approximate surface area is 134 Å². The minimum Gasteiger partial charge on any atom is -0.310 e. The van der Waals surface area contributed by atoms with Gasteiger partial charge >= 0.3 is 0 Å². The molecular formula is C18H32N2S. The Hall–Kier alpha value is -0.380. The van der Waals surface area contributed by atoms with Crippen molar-refractivity contribution in [1.82, 2.24) is 10.2 Å². The van der Waals surface area contributed by atoms with E-state index in [2.05, 4.69) is 44.0 Å². The molecule has 1 aromatic rings. The highest BCUT2D eigenvalue weighted by Crippen LogP contribution is 2.26. The molecule has 0 saturated carbocycles. The molecule has 1 aliphatic heterocycles. The zero-order chi connectivity index (χ0) is 15.2. The van der Waals surface area contributed by atoms with E-state index in [1.807, 2.05) is 11.3 Å². The molecule has 2 rings (SSSR count). The molecule has 1 aromatic heterocycles. The van der Waals surface area contributed by atoms with Crippen LogP contribution >= 0.6 is 11.3 Å². The molecule has 0 amide bonds. The summed E-state index contributed by atoms with van der Waals surface area (Å²) in [5, 5.41) is 3.52. The number of nitrogens with zero attached hydrogens (tertiary/aromatic N) is 1. The average molecular weight is 309 g/mol. The van der Waals surface area contributed by atoms with E-state index in [4.69, 9.17) is 0 Å². The Balaban J connectivity index is 1.83. The first-order valence-corrected chi connectivity index (χ1v) is 9.44. The molecule has 1 aliphatic rings. The van der Waals surface area contributed by atoms with Gasteiger partial charge in [0.05, 0.1) is 0 Å². The number of nitrogens with one attached hydrogen (secondary N) is 1. The van der Waals surface area contributed by atoms with Crippen molar-refractivity contribution in [3.8, 4) is 0 Å². The first kappa shape index (κ1) is 17.0. The van der Waals surface area contributed by atoms with Gasteiger partial charge < -0.3 is 5.32 Å². The summed E-state index contributed by atoms with van der Waals surface area (Å²) >= 11 is 1.96. The van der Waals surface area contributed by atoms with Gasteiger partial charge in [0.2, 0.25) is 0 Å². The maximum Gasteiger partial charge on any atom is 0.0302 e. The Morgan fingerprint density at radius 2 is 2.05 bits per heavy atom. The van der Waals surface area contributed by atoms with E-state index in [-0.39, 0.29) is 0 Å². The molecule has 0 unspecified atom stereocenters. The van der Waals surface area contributed by atoms with Gasteiger partial charge in [0.15, 0.2) is 0 Å². The van der Waals surface area contributed by atoms with Crippen LogP contribution in [0, 0.1) is 12.8 Å². The zero-order valence-electron chi connectivity index (χ0n) is 14.2. The predicted octanol–water partition coefficient (Wildman–Crippen LogP) is 4.57. The molecule has 1 N–H and O–H groups in total. The first-order chi connectivity index (χ1) is 10.1. The van der Waals surface area contributed by atoms with E-state index in [1.165, 1.54) is 48.5 Å². The summed E-state index contributed by atoms with van der Waals surface area (Å²) < 4.78 is 0. The van der Waals surface area contributed by atoms with E-state index in [0.29, 0.717) is 6.04 Å². The Kier molecular flexibility index (Phi) is 6.72. The van der Waals surface area contributed by atoms with Crippen LogP contribution in [0.3, 0.4) is 0 Å². The molecule has 0 aromatic carbocycles. The van der Waals surface area contributed by atoms with Gasteiger partial charge in [-0.15, -0.1) is 11.3 Å². The summed E-state index contributed by atoms with van der Waals surface area (Å²) in [6.45, 7) is 13.8. The number of thiophene rings is 1. The van der Waals surface area contributed by atoms with Gasteiger partial charge in [-0.2, -0.15) is 0 Å². The second-order valence-electron chi connectivity index (χ2n) is 6.84. The number of likely N-dealkylation sites (tertiary alicyclic amines) is 1. The number of aryl methyl sites for hydroxylation is 1. The van der Waals surface area contributed by atoms with Crippen LogP contribution in [0.5, 0.6) is 0 Å². The topological polar surface area (TPSA) is 15.3 Å². The van der Waals surface area contributed by atoms with E-state index in [1.54, 1.807) is 5.56 Å². The SMILES string of the molecule is CCCC1CCN(Cc2cc(CNC(C)C)sc2C)CC1. The van der Waals surface area contributed by atoms with Crippen LogP contribution in [0.25, 0.3) is 0 Å². The van der Waals surface area contributed by atoms with E-state index < -0.39 is 0 Å². The quantitative estimate of drug-likeness (QED) is 0.794. The van der Waals surface area contributed by atoms with Crippen LogP contribution in [0.1, 0.15) is 61.8 Å². The molecule has 21 heavy (non-hydrogen) atoms. The number of piperidine rings is 1. The minimum atomic E-state index is 0.563. The van der Waals surface area contributed by atoms with Crippen molar-refractivity contribution in [1.29, 1.82) is 0 Å². The van der Waals surface area contributed by atoms with Gasteiger partial charge in [0, 0.05) is 28.9 Å². The van der Waals surface area contributed by atoms with Crippen LogP contribution < -0.4 is 5.32 Å². The maximum absolute atomic E-state index is 3.52. The van der Waals surface area contributed by atoms with Crippen LogP contribution in [0.15, 0.2) is 6.07 Å². The summed E-state index contributed by atoms with van der Waals surface area (Å²) in [6, 6.07) is 2.99. The van der Waals surface area contributed by atoms with Gasteiger partial charge in [0.1, 0.15) is 0 Å². The zero-order valence-corrected chi connectivity index (χ0v) is 15.1. The highest BCUT2D eigenvalue weighted by atomic mass is 32.1. The lowest BCUT2D eigenvalue weighted by atomic mass is 9.92. The maximum atomic E-state index is 3.52. The first-order valence-electron chi connectivity index (χ1n) is 8.62. The van der Waals surface area contributed by atoms with Crippen molar-refractivity contribution in [2.24, 2.45) is 5.92 Å². The van der Waals surface area contributed by atoms with E-state index >= 15 is 0 Å². The molecule has 2 nitrogen and oxygen atoms in total. The third kappa shape index (κ3) is 5.39. The molecule has 1 fully saturated rings. The lowest BCUT2D eigenvalue weighted by molar-refractivity contribution is 0.172. The highest BCUT2D eigenvalue weighted by molar-refractivity contribution is 7.12. The van der Waals surface area contributed by atoms with Crippen LogP contribution in [0.4, 0.5) is 0 Å². The lowest BCUT2D eigenvalue weighted by Gasteiger charge is -2.31. The van der Waals surface area contributed by atoms with Gasteiger partial charge in [-0.1, -0.05) is 33.6 Å². The lowest BCUT2D eigenvalue weighted by Crippen LogP contribution is -2.33. The standard InChI is InChI=1S/C18H32N2S/c1-5-6-16-7-9-20(10-8-16)13-17-11-18(21-15(17)4)12-19-14(2)3/h11,14,16,19H,5-10,12-13H2,1-4H3. The average Bonchev–Trinajstić information content (AvgIpc) is 2.80. The van der Waals surface area contributed by atoms with Crippen molar-refractivity contribution in [3.63, 3.8) is 0 Å². The summed E-state index contributed by atoms with van der Waals surface area (Å²) in [7, 11) is 0. The Morgan fingerprint density at radius 1 is 1.33 bits per heavy atom. The molecule has 2 heterocycles. The third-order valence-corrected chi connectivity index (χ3v) is 5.65. The molecule has 0 aliphatic carbocycles. The van der Waals surface area contributed by atoms with E-state index in [0.717, 1.165) is 19.0 Å². The number of hydrogen-bond donors (Lipinski definition) is 1. The molecule has 1 saturated heterocycles. The molecule has 0 spiro atoms. The van der Waals surface area contributed by atoms with Crippen molar-refractivity contribution in [3.05, 3.63) is 21.4 Å². The number of rotatable bonds is 7.